The van der Waals surface area contributed by atoms with Crippen LogP contribution in [0.1, 0.15) is 83.3 Å². The molecule has 0 spiro atoms. The zero-order valence-corrected chi connectivity index (χ0v) is 14.0. The average Bonchev–Trinajstić information content (AvgIpc) is 2.73. The van der Waals surface area contributed by atoms with Crippen LogP contribution in [-0.4, -0.2) is 5.91 Å². The Bertz CT molecular complexity index is 500. The second kappa shape index (κ2) is 6.64. The van der Waals surface area contributed by atoms with E-state index in [1.807, 2.05) is 6.92 Å². The highest BCUT2D eigenvalue weighted by Gasteiger charge is 2.41. The van der Waals surface area contributed by atoms with E-state index in [0.717, 1.165) is 5.69 Å². The van der Waals surface area contributed by atoms with Crippen molar-refractivity contribution in [3.05, 3.63) is 29.3 Å². The number of rotatable bonds is 6. The number of benzene rings is 1. The van der Waals surface area contributed by atoms with Crippen molar-refractivity contribution in [3.8, 4) is 0 Å². The van der Waals surface area contributed by atoms with Crippen molar-refractivity contribution in [1.82, 2.24) is 0 Å². The summed E-state index contributed by atoms with van der Waals surface area (Å²) in [5.74, 6) is 0.644. The predicted octanol–water partition coefficient (Wildman–Crippen LogP) is 5.38. The summed E-state index contributed by atoms with van der Waals surface area (Å²) in [6.07, 6.45) is 6.71. The summed E-state index contributed by atoms with van der Waals surface area (Å²) in [7, 11) is 0. The zero-order valence-electron chi connectivity index (χ0n) is 14.0. The first kappa shape index (κ1) is 16.1. The lowest BCUT2D eigenvalue weighted by Crippen LogP contribution is -2.23. The highest BCUT2D eigenvalue weighted by Crippen LogP contribution is 2.53. The Hall–Kier alpha value is -1.31. The summed E-state index contributed by atoms with van der Waals surface area (Å²) in [4.78, 5) is 11.8. The first-order valence-corrected chi connectivity index (χ1v) is 8.51. The molecule has 0 saturated heterocycles. The van der Waals surface area contributed by atoms with Gasteiger partial charge in [0.25, 0.3) is 0 Å². The van der Waals surface area contributed by atoms with E-state index >= 15 is 0 Å². The van der Waals surface area contributed by atoms with Crippen LogP contribution in [0.25, 0.3) is 0 Å². The Labute approximate surface area is 129 Å². The van der Waals surface area contributed by atoms with Gasteiger partial charge in [-0.15, -0.1) is 0 Å². The molecular formula is C19H29NO. The van der Waals surface area contributed by atoms with Gasteiger partial charge in [0.2, 0.25) is 5.91 Å². The lowest BCUT2D eigenvalue weighted by atomic mass is 9.74. The molecule has 21 heavy (non-hydrogen) atoms. The summed E-state index contributed by atoms with van der Waals surface area (Å²) in [5, 5.41) is 3.11. The fraction of sp³-hybridized carbons (Fsp3) is 0.632. The van der Waals surface area contributed by atoms with Crippen LogP contribution in [0.4, 0.5) is 5.69 Å². The van der Waals surface area contributed by atoms with E-state index < -0.39 is 0 Å². The SMILES string of the molecule is CCCC1(CCC)CC(C)c2c(NC(=O)CC)cccc21. The van der Waals surface area contributed by atoms with E-state index in [9.17, 15) is 4.79 Å². The van der Waals surface area contributed by atoms with Crippen molar-refractivity contribution in [1.29, 1.82) is 0 Å². The lowest BCUT2D eigenvalue weighted by Gasteiger charge is -2.30. The zero-order chi connectivity index (χ0) is 15.5. The van der Waals surface area contributed by atoms with Gasteiger partial charge in [0.15, 0.2) is 0 Å². The molecule has 0 fully saturated rings. The topological polar surface area (TPSA) is 29.1 Å². The second-order valence-corrected chi connectivity index (χ2v) is 6.55. The molecule has 2 heteroatoms. The predicted molar refractivity (Wildman–Crippen MR) is 89.9 cm³/mol. The summed E-state index contributed by atoms with van der Waals surface area (Å²) < 4.78 is 0. The Morgan fingerprint density at radius 2 is 1.90 bits per heavy atom. The van der Waals surface area contributed by atoms with Crippen LogP contribution in [0.15, 0.2) is 18.2 Å². The molecule has 116 valence electrons. The minimum atomic E-state index is 0.110. The number of amides is 1. The third-order valence-electron chi connectivity index (χ3n) is 4.92. The normalized spacial score (nSPS) is 19.3. The van der Waals surface area contributed by atoms with Gasteiger partial charge in [0, 0.05) is 12.1 Å². The maximum absolute atomic E-state index is 11.8. The number of hydrogen-bond donors (Lipinski definition) is 1. The molecule has 1 unspecified atom stereocenters. The standard InChI is InChI=1S/C19H29NO/c1-5-11-19(12-6-2)13-14(4)18-15(19)9-8-10-16(18)20-17(21)7-3/h8-10,14H,5-7,11-13H2,1-4H3,(H,20,21). The van der Waals surface area contributed by atoms with Crippen molar-refractivity contribution >= 4 is 11.6 Å². The highest BCUT2D eigenvalue weighted by atomic mass is 16.1. The molecule has 0 aromatic heterocycles. The van der Waals surface area contributed by atoms with Gasteiger partial charge in [-0.05, 0) is 47.8 Å². The van der Waals surface area contributed by atoms with Crippen molar-refractivity contribution < 1.29 is 4.79 Å². The van der Waals surface area contributed by atoms with Gasteiger partial charge < -0.3 is 5.32 Å². The fourth-order valence-corrected chi connectivity index (χ4v) is 4.26. The average molecular weight is 287 g/mol. The Morgan fingerprint density at radius 1 is 1.24 bits per heavy atom. The van der Waals surface area contributed by atoms with Crippen LogP contribution in [0.5, 0.6) is 0 Å². The van der Waals surface area contributed by atoms with Gasteiger partial charge in [-0.25, -0.2) is 0 Å². The van der Waals surface area contributed by atoms with E-state index in [2.05, 4.69) is 44.3 Å². The molecule has 1 atom stereocenters. The molecule has 1 aliphatic carbocycles. The molecule has 0 radical (unpaired) electrons. The van der Waals surface area contributed by atoms with Gasteiger partial charge in [-0.1, -0.05) is 52.7 Å². The minimum Gasteiger partial charge on any atom is -0.326 e. The molecule has 1 amide bonds. The number of hydrogen-bond acceptors (Lipinski definition) is 1. The molecule has 1 aromatic rings. The largest absolute Gasteiger partial charge is 0.326 e. The van der Waals surface area contributed by atoms with Gasteiger partial charge in [0.05, 0.1) is 0 Å². The monoisotopic (exact) mass is 287 g/mol. The number of carbonyl (C=O) groups is 1. The smallest absolute Gasteiger partial charge is 0.224 e. The van der Waals surface area contributed by atoms with E-state index in [4.69, 9.17) is 0 Å². The third kappa shape index (κ3) is 3.00. The maximum Gasteiger partial charge on any atom is 0.224 e. The van der Waals surface area contributed by atoms with Crippen LogP contribution in [0.3, 0.4) is 0 Å². The van der Waals surface area contributed by atoms with Crippen molar-refractivity contribution in [2.75, 3.05) is 5.32 Å². The first-order chi connectivity index (χ1) is 10.1. The van der Waals surface area contributed by atoms with Crippen LogP contribution >= 0.6 is 0 Å². The molecule has 2 nitrogen and oxygen atoms in total. The Balaban J connectivity index is 2.45. The molecule has 1 aromatic carbocycles. The first-order valence-electron chi connectivity index (χ1n) is 8.51. The molecule has 0 saturated carbocycles. The van der Waals surface area contributed by atoms with Gasteiger partial charge in [0.1, 0.15) is 0 Å². The number of anilines is 1. The summed E-state index contributed by atoms with van der Waals surface area (Å²) in [6.45, 7) is 8.78. The van der Waals surface area contributed by atoms with Crippen LogP contribution in [-0.2, 0) is 10.2 Å². The Morgan fingerprint density at radius 3 is 2.48 bits per heavy atom. The van der Waals surface area contributed by atoms with Gasteiger partial charge in [-0.3, -0.25) is 4.79 Å². The van der Waals surface area contributed by atoms with E-state index in [1.165, 1.54) is 43.2 Å². The number of nitrogens with one attached hydrogen (secondary N) is 1. The fourth-order valence-electron chi connectivity index (χ4n) is 4.26. The summed E-state index contributed by atoms with van der Waals surface area (Å²) in [5.41, 5.74) is 4.25. The van der Waals surface area contributed by atoms with Crippen molar-refractivity contribution in [3.63, 3.8) is 0 Å². The van der Waals surface area contributed by atoms with Crippen molar-refractivity contribution in [2.24, 2.45) is 0 Å². The summed E-state index contributed by atoms with van der Waals surface area (Å²) >= 11 is 0. The van der Waals surface area contributed by atoms with Crippen LogP contribution in [0.2, 0.25) is 0 Å². The number of carbonyl (C=O) groups excluding carboxylic acids is 1. The van der Waals surface area contributed by atoms with Gasteiger partial charge >= 0.3 is 0 Å². The van der Waals surface area contributed by atoms with E-state index in [0.29, 0.717) is 17.8 Å². The number of fused-ring (bicyclic) bond motifs is 1. The molecule has 0 aliphatic heterocycles. The lowest BCUT2D eigenvalue weighted by molar-refractivity contribution is -0.115. The molecular weight excluding hydrogens is 258 g/mol. The molecule has 0 heterocycles. The maximum atomic E-state index is 11.8. The molecule has 2 rings (SSSR count). The van der Waals surface area contributed by atoms with Crippen LogP contribution < -0.4 is 5.32 Å². The highest BCUT2D eigenvalue weighted by molar-refractivity contribution is 5.91. The molecule has 1 N–H and O–H groups in total. The third-order valence-corrected chi connectivity index (χ3v) is 4.92. The van der Waals surface area contributed by atoms with E-state index in [1.54, 1.807) is 0 Å². The molecule has 1 aliphatic rings. The van der Waals surface area contributed by atoms with E-state index in [-0.39, 0.29) is 5.91 Å². The van der Waals surface area contributed by atoms with Crippen LogP contribution in [0, 0.1) is 0 Å². The van der Waals surface area contributed by atoms with Crippen molar-refractivity contribution in [2.45, 2.75) is 77.6 Å². The minimum absolute atomic E-state index is 0.110. The van der Waals surface area contributed by atoms with Gasteiger partial charge in [-0.2, -0.15) is 0 Å². The molecule has 0 bridgehead atoms. The quantitative estimate of drug-likeness (QED) is 0.747. The summed E-state index contributed by atoms with van der Waals surface area (Å²) in [6, 6.07) is 6.48. The second-order valence-electron chi connectivity index (χ2n) is 6.55. The Kier molecular flexibility index (Phi) is 5.08.